The third kappa shape index (κ3) is 28.7. The average molecular weight is 147 g/mol. The molecule has 0 aromatic carbocycles. The van der Waals surface area contributed by atoms with Crippen LogP contribution in [0.1, 0.15) is 6.42 Å². The van der Waals surface area contributed by atoms with Gasteiger partial charge in [-0.3, -0.25) is 4.79 Å². The Morgan fingerprint density at radius 3 is 1.80 bits per heavy atom. The fourth-order valence-corrected chi connectivity index (χ4v) is 0.0676. The molecule has 0 aromatic rings. The zero-order valence-electron chi connectivity index (χ0n) is 5.32. The van der Waals surface area contributed by atoms with Crippen LogP contribution in [0.4, 0.5) is 0 Å². The summed E-state index contributed by atoms with van der Waals surface area (Å²) >= 11 is 0. The normalized spacial score (nSPS) is 6.90. The van der Waals surface area contributed by atoms with Gasteiger partial charge in [-0.05, 0) is 0 Å². The quantitative estimate of drug-likeness (QED) is 0.462. The van der Waals surface area contributed by atoms with Crippen molar-refractivity contribution in [2.45, 2.75) is 6.42 Å². The van der Waals surface area contributed by atoms with Gasteiger partial charge in [-0.25, -0.2) is 0 Å². The Labute approximate surface area is 58.1 Å². The summed E-state index contributed by atoms with van der Waals surface area (Å²) in [5.74, 6) is -1.07. The standard InChI is InChI=1S/C3H3NO2.C2H6O2/c4-2-1-3(5)6;3-1-2-4/h1H2,(H,5,6);3-4H,1-2H2. The fourth-order valence-electron chi connectivity index (χ4n) is 0.0676. The molecule has 0 atom stereocenters. The molecule has 0 heterocycles. The third-order valence-electron chi connectivity index (χ3n) is 0.330. The molecule has 58 valence electrons. The molecule has 0 amide bonds. The maximum Gasteiger partial charge on any atom is 0.317 e. The minimum atomic E-state index is -1.07. The van der Waals surface area contributed by atoms with E-state index in [-0.39, 0.29) is 13.2 Å². The van der Waals surface area contributed by atoms with Gasteiger partial charge in [0.05, 0.1) is 19.3 Å². The highest BCUT2D eigenvalue weighted by Gasteiger charge is 1.87. The van der Waals surface area contributed by atoms with Crippen molar-refractivity contribution in [2.24, 2.45) is 0 Å². The lowest BCUT2D eigenvalue weighted by atomic mass is 10.5. The minimum Gasteiger partial charge on any atom is -0.480 e. The molecule has 5 nitrogen and oxygen atoms in total. The summed E-state index contributed by atoms with van der Waals surface area (Å²) in [6.07, 6.45) is -0.403. The van der Waals surface area contributed by atoms with E-state index in [0.29, 0.717) is 0 Å². The molecule has 5 heteroatoms. The number of carbonyl (C=O) groups is 1. The van der Waals surface area contributed by atoms with Crippen LogP contribution in [0, 0.1) is 11.3 Å². The van der Waals surface area contributed by atoms with Crippen LogP contribution in [-0.4, -0.2) is 34.5 Å². The van der Waals surface area contributed by atoms with Crippen molar-refractivity contribution >= 4 is 5.97 Å². The summed E-state index contributed by atoms with van der Waals surface area (Å²) in [5, 5.41) is 30.5. The van der Waals surface area contributed by atoms with Gasteiger partial charge in [-0.1, -0.05) is 0 Å². The topological polar surface area (TPSA) is 102 Å². The minimum absolute atomic E-state index is 0.125. The van der Waals surface area contributed by atoms with Gasteiger partial charge < -0.3 is 15.3 Å². The molecule has 0 bridgehead atoms. The SMILES string of the molecule is N#CCC(=O)O.OCCO. The van der Waals surface area contributed by atoms with E-state index in [0.717, 1.165) is 0 Å². The number of carboxylic acid groups (broad SMARTS) is 1. The van der Waals surface area contributed by atoms with Crippen molar-refractivity contribution in [3.05, 3.63) is 0 Å². The third-order valence-corrected chi connectivity index (χ3v) is 0.330. The van der Waals surface area contributed by atoms with E-state index in [9.17, 15) is 4.79 Å². The zero-order valence-corrected chi connectivity index (χ0v) is 5.32. The van der Waals surface area contributed by atoms with Gasteiger partial charge in [0.2, 0.25) is 0 Å². The van der Waals surface area contributed by atoms with Crippen LogP contribution in [0.2, 0.25) is 0 Å². The maximum absolute atomic E-state index is 9.38. The van der Waals surface area contributed by atoms with Crippen LogP contribution in [-0.2, 0) is 4.79 Å². The van der Waals surface area contributed by atoms with Crippen LogP contribution in [0.5, 0.6) is 0 Å². The van der Waals surface area contributed by atoms with Crippen LogP contribution < -0.4 is 0 Å². The molecule has 0 unspecified atom stereocenters. The Balaban J connectivity index is 0. The van der Waals surface area contributed by atoms with Gasteiger partial charge in [0.15, 0.2) is 0 Å². The monoisotopic (exact) mass is 147 g/mol. The molecule has 10 heavy (non-hydrogen) atoms. The van der Waals surface area contributed by atoms with Gasteiger partial charge in [0.25, 0.3) is 0 Å². The second-order valence-electron chi connectivity index (χ2n) is 1.18. The maximum atomic E-state index is 9.38. The number of nitriles is 1. The number of hydrogen-bond acceptors (Lipinski definition) is 4. The van der Waals surface area contributed by atoms with Gasteiger partial charge >= 0.3 is 5.97 Å². The van der Waals surface area contributed by atoms with E-state index in [4.69, 9.17) is 20.6 Å². The lowest BCUT2D eigenvalue weighted by Crippen LogP contribution is -1.88. The molecule has 3 N–H and O–H groups in total. The summed E-state index contributed by atoms with van der Waals surface area (Å²) in [5.41, 5.74) is 0. The molecule has 0 rings (SSSR count). The van der Waals surface area contributed by atoms with Crippen LogP contribution >= 0.6 is 0 Å². The summed E-state index contributed by atoms with van der Waals surface area (Å²) < 4.78 is 0. The molecule has 0 aliphatic heterocycles. The van der Waals surface area contributed by atoms with Gasteiger partial charge in [-0.2, -0.15) is 5.26 Å². The Morgan fingerprint density at radius 1 is 1.40 bits per heavy atom. The summed E-state index contributed by atoms with van der Waals surface area (Å²) in [6, 6.07) is 1.47. The zero-order chi connectivity index (χ0) is 8.41. The van der Waals surface area contributed by atoms with Gasteiger partial charge in [-0.15, -0.1) is 0 Å². The van der Waals surface area contributed by atoms with Gasteiger partial charge in [0.1, 0.15) is 6.42 Å². The fraction of sp³-hybridized carbons (Fsp3) is 0.600. The predicted octanol–water partition coefficient (Wildman–Crippen LogP) is -1.04. The van der Waals surface area contributed by atoms with Crippen LogP contribution in [0.3, 0.4) is 0 Å². The first-order valence-corrected chi connectivity index (χ1v) is 2.49. The molecule has 0 spiro atoms. The number of aliphatic hydroxyl groups excluding tert-OH is 2. The van der Waals surface area contributed by atoms with E-state index in [1.54, 1.807) is 0 Å². The van der Waals surface area contributed by atoms with Crippen LogP contribution in [0.15, 0.2) is 0 Å². The highest BCUT2D eigenvalue weighted by atomic mass is 16.4. The number of aliphatic carboxylic acids is 1. The Hall–Kier alpha value is -1.12. The molecule has 0 fully saturated rings. The number of nitrogens with zero attached hydrogens (tertiary/aromatic N) is 1. The van der Waals surface area contributed by atoms with E-state index >= 15 is 0 Å². The molecule has 0 saturated heterocycles. The molecular weight excluding hydrogens is 138 g/mol. The number of carboxylic acids is 1. The number of rotatable bonds is 2. The second kappa shape index (κ2) is 10.8. The van der Waals surface area contributed by atoms with E-state index < -0.39 is 12.4 Å². The molecule has 0 aliphatic rings. The van der Waals surface area contributed by atoms with Crippen molar-refractivity contribution in [1.82, 2.24) is 0 Å². The molecule has 0 saturated carbocycles. The Morgan fingerprint density at radius 2 is 1.80 bits per heavy atom. The second-order valence-corrected chi connectivity index (χ2v) is 1.18. The summed E-state index contributed by atoms with van der Waals surface area (Å²) in [7, 11) is 0. The first-order valence-electron chi connectivity index (χ1n) is 2.49. The first kappa shape index (κ1) is 11.6. The number of aliphatic hydroxyl groups is 2. The summed E-state index contributed by atoms with van der Waals surface area (Å²) in [6.45, 7) is -0.250. The molecule has 0 aromatic heterocycles. The average Bonchev–Trinajstić information content (AvgIpc) is 1.89. The van der Waals surface area contributed by atoms with Crippen molar-refractivity contribution < 1.29 is 20.1 Å². The Bertz CT molecular complexity index is 115. The number of hydrogen-bond donors (Lipinski definition) is 3. The van der Waals surface area contributed by atoms with Crippen LogP contribution in [0.25, 0.3) is 0 Å². The lowest BCUT2D eigenvalue weighted by Gasteiger charge is -1.70. The van der Waals surface area contributed by atoms with E-state index in [1.807, 2.05) is 0 Å². The molecule has 0 radical (unpaired) electrons. The largest absolute Gasteiger partial charge is 0.480 e. The van der Waals surface area contributed by atoms with Gasteiger partial charge in [0, 0.05) is 0 Å². The van der Waals surface area contributed by atoms with Crippen molar-refractivity contribution in [2.75, 3.05) is 13.2 Å². The summed E-state index contributed by atoms with van der Waals surface area (Å²) in [4.78, 5) is 9.38. The first-order chi connectivity index (χ1) is 4.68. The van der Waals surface area contributed by atoms with Crippen molar-refractivity contribution in [1.29, 1.82) is 5.26 Å². The lowest BCUT2D eigenvalue weighted by molar-refractivity contribution is -0.135. The molecular formula is C5H9NO4. The van der Waals surface area contributed by atoms with E-state index in [2.05, 4.69) is 0 Å². The predicted molar refractivity (Wildman–Crippen MR) is 32.0 cm³/mol. The van der Waals surface area contributed by atoms with Crippen molar-refractivity contribution in [3.8, 4) is 6.07 Å². The molecule has 0 aliphatic carbocycles. The highest BCUT2D eigenvalue weighted by Crippen LogP contribution is 1.68. The highest BCUT2D eigenvalue weighted by molar-refractivity contribution is 5.69. The van der Waals surface area contributed by atoms with Crippen molar-refractivity contribution in [3.63, 3.8) is 0 Å². The Kier molecular flexibility index (Phi) is 12.6. The smallest absolute Gasteiger partial charge is 0.317 e. The van der Waals surface area contributed by atoms with E-state index in [1.165, 1.54) is 6.07 Å².